The molecular formula is C17H30N2O2. The molecule has 1 saturated carbocycles. The summed E-state index contributed by atoms with van der Waals surface area (Å²) < 4.78 is 0. The number of hydrogen-bond acceptors (Lipinski definition) is 3. The van der Waals surface area contributed by atoms with Crippen LogP contribution < -0.4 is 5.32 Å². The molecule has 2 atom stereocenters. The highest BCUT2D eigenvalue weighted by Crippen LogP contribution is 2.35. The zero-order valence-electron chi connectivity index (χ0n) is 13.3. The van der Waals surface area contributed by atoms with Crippen LogP contribution in [0.2, 0.25) is 0 Å². The largest absolute Gasteiger partial charge is 0.389 e. The third-order valence-electron chi connectivity index (χ3n) is 5.92. The first-order valence-corrected chi connectivity index (χ1v) is 8.79. The molecule has 0 aromatic heterocycles. The topological polar surface area (TPSA) is 52.6 Å². The number of piperidine rings is 1. The summed E-state index contributed by atoms with van der Waals surface area (Å²) >= 11 is 0. The molecule has 21 heavy (non-hydrogen) atoms. The van der Waals surface area contributed by atoms with E-state index in [0.29, 0.717) is 18.4 Å². The molecule has 0 radical (unpaired) electrons. The molecule has 2 saturated heterocycles. The van der Waals surface area contributed by atoms with Gasteiger partial charge in [0.1, 0.15) is 0 Å². The first kappa shape index (κ1) is 15.3. The molecule has 0 bridgehead atoms. The smallest absolute Gasteiger partial charge is 0.220 e. The maximum absolute atomic E-state index is 11.5. The molecule has 0 aromatic carbocycles. The first-order chi connectivity index (χ1) is 10.1. The lowest BCUT2D eigenvalue weighted by atomic mass is 9.78. The summed E-state index contributed by atoms with van der Waals surface area (Å²) in [6, 6.07) is 0.487. The second-order valence-electron chi connectivity index (χ2n) is 7.71. The minimum Gasteiger partial charge on any atom is -0.389 e. The van der Waals surface area contributed by atoms with Crippen LogP contribution in [0, 0.1) is 11.8 Å². The van der Waals surface area contributed by atoms with E-state index in [2.05, 4.69) is 17.1 Å². The van der Waals surface area contributed by atoms with E-state index < -0.39 is 5.60 Å². The molecule has 2 aliphatic heterocycles. The van der Waals surface area contributed by atoms with Gasteiger partial charge in [0, 0.05) is 31.5 Å². The highest BCUT2D eigenvalue weighted by molar-refractivity contribution is 5.78. The van der Waals surface area contributed by atoms with E-state index in [0.717, 1.165) is 51.2 Å². The predicted octanol–water partition coefficient (Wildman–Crippen LogP) is 1.92. The van der Waals surface area contributed by atoms with Crippen molar-refractivity contribution in [3.05, 3.63) is 0 Å². The lowest BCUT2D eigenvalue weighted by molar-refractivity contribution is -0.119. The molecule has 2 unspecified atom stereocenters. The van der Waals surface area contributed by atoms with Crippen molar-refractivity contribution < 1.29 is 9.90 Å². The zero-order chi connectivity index (χ0) is 14.9. The van der Waals surface area contributed by atoms with Crippen LogP contribution in [0.4, 0.5) is 0 Å². The first-order valence-electron chi connectivity index (χ1n) is 8.79. The van der Waals surface area contributed by atoms with E-state index >= 15 is 0 Å². The van der Waals surface area contributed by atoms with Crippen molar-refractivity contribution in [1.82, 2.24) is 10.2 Å². The molecule has 0 spiro atoms. The minimum absolute atomic E-state index is 0.204. The maximum atomic E-state index is 11.5. The van der Waals surface area contributed by atoms with Gasteiger partial charge in [0.25, 0.3) is 0 Å². The van der Waals surface area contributed by atoms with Gasteiger partial charge >= 0.3 is 0 Å². The second-order valence-corrected chi connectivity index (χ2v) is 7.71. The summed E-state index contributed by atoms with van der Waals surface area (Å²) in [5.74, 6) is 1.42. The van der Waals surface area contributed by atoms with Crippen LogP contribution in [0.3, 0.4) is 0 Å². The standard InChI is InChI=1S/C17H30N2O2/c1-13-5-7-17(21,8-6-13)12-19-9-3-2-4-15(19)14-10-16(20)18-11-14/h13-15,21H,2-12H2,1H3,(H,18,20). The number of carbonyl (C=O) groups is 1. The fourth-order valence-electron chi connectivity index (χ4n) is 4.48. The average molecular weight is 294 g/mol. The average Bonchev–Trinajstić information content (AvgIpc) is 2.89. The molecule has 3 aliphatic rings. The Morgan fingerprint density at radius 1 is 1.29 bits per heavy atom. The van der Waals surface area contributed by atoms with Crippen LogP contribution in [-0.2, 0) is 4.79 Å². The molecular weight excluding hydrogens is 264 g/mol. The molecule has 2 heterocycles. The van der Waals surface area contributed by atoms with Gasteiger partial charge in [-0.25, -0.2) is 0 Å². The number of likely N-dealkylation sites (tertiary alicyclic amines) is 1. The Balaban J connectivity index is 1.62. The number of aliphatic hydroxyl groups is 1. The van der Waals surface area contributed by atoms with Crippen LogP contribution in [0.25, 0.3) is 0 Å². The van der Waals surface area contributed by atoms with Gasteiger partial charge in [-0.05, 0) is 51.0 Å². The normalized spacial score (nSPS) is 42.0. The zero-order valence-corrected chi connectivity index (χ0v) is 13.3. The number of hydrogen-bond donors (Lipinski definition) is 2. The Morgan fingerprint density at radius 2 is 2.05 bits per heavy atom. The Hall–Kier alpha value is -0.610. The van der Waals surface area contributed by atoms with Crippen molar-refractivity contribution in [1.29, 1.82) is 0 Å². The molecule has 1 amide bonds. The van der Waals surface area contributed by atoms with Gasteiger partial charge in [-0.15, -0.1) is 0 Å². The number of nitrogens with zero attached hydrogens (tertiary/aromatic N) is 1. The molecule has 4 heteroatoms. The summed E-state index contributed by atoms with van der Waals surface area (Å²) in [6.45, 7) is 5.02. The Labute approximate surface area is 128 Å². The molecule has 3 rings (SSSR count). The van der Waals surface area contributed by atoms with Crippen molar-refractivity contribution in [3.63, 3.8) is 0 Å². The van der Waals surface area contributed by atoms with Crippen molar-refractivity contribution in [2.24, 2.45) is 11.8 Å². The van der Waals surface area contributed by atoms with Crippen molar-refractivity contribution in [2.75, 3.05) is 19.6 Å². The fraction of sp³-hybridized carbons (Fsp3) is 0.941. The van der Waals surface area contributed by atoms with Gasteiger partial charge in [0.2, 0.25) is 5.91 Å². The van der Waals surface area contributed by atoms with Crippen LogP contribution in [0.1, 0.15) is 58.3 Å². The van der Waals surface area contributed by atoms with E-state index in [1.165, 1.54) is 19.3 Å². The Bertz CT molecular complexity index is 377. The summed E-state index contributed by atoms with van der Waals surface area (Å²) in [5, 5.41) is 13.9. The molecule has 2 N–H and O–H groups in total. The summed E-state index contributed by atoms with van der Waals surface area (Å²) in [5.41, 5.74) is -0.488. The molecule has 3 fully saturated rings. The second kappa shape index (κ2) is 6.25. The SMILES string of the molecule is CC1CCC(O)(CN2CCCCC2C2CNC(=O)C2)CC1. The van der Waals surface area contributed by atoms with Crippen LogP contribution in [0.5, 0.6) is 0 Å². The highest BCUT2D eigenvalue weighted by Gasteiger charge is 2.39. The van der Waals surface area contributed by atoms with Crippen LogP contribution >= 0.6 is 0 Å². The maximum Gasteiger partial charge on any atom is 0.220 e. The third kappa shape index (κ3) is 3.59. The lowest BCUT2D eigenvalue weighted by Gasteiger charge is -2.45. The van der Waals surface area contributed by atoms with Gasteiger partial charge < -0.3 is 10.4 Å². The van der Waals surface area contributed by atoms with Crippen molar-refractivity contribution in [2.45, 2.75) is 69.9 Å². The summed E-state index contributed by atoms with van der Waals surface area (Å²) in [7, 11) is 0. The Morgan fingerprint density at radius 3 is 2.71 bits per heavy atom. The number of nitrogens with one attached hydrogen (secondary N) is 1. The van der Waals surface area contributed by atoms with Crippen molar-refractivity contribution in [3.8, 4) is 0 Å². The van der Waals surface area contributed by atoms with E-state index in [-0.39, 0.29) is 5.91 Å². The summed E-state index contributed by atoms with van der Waals surface area (Å²) in [4.78, 5) is 14.0. The van der Waals surface area contributed by atoms with Crippen molar-refractivity contribution >= 4 is 5.91 Å². The number of amides is 1. The molecule has 0 aromatic rings. The van der Waals surface area contributed by atoms with E-state index in [4.69, 9.17) is 0 Å². The van der Waals surface area contributed by atoms with Gasteiger partial charge in [0.05, 0.1) is 5.60 Å². The van der Waals surface area contributed by atoms with Gasteiger partial charge in [0.15, 0.2) is 0 Å². The third-order valence-corrected chi connectivity index (χ3v) is 5.92. The quantitative estimate of drug-likeness (QED) is 0.836. The van der Waals surface area contributed by atoms with Gasteiger partial charge in [-0.2, -0.15) is 0 Å². The fourth-order valence-corrected chi connectivity index (χ4v) is 4.48. The monoisotopic (exact) mass is 294 g/mol. The lowest BCUT2D eigenvalue weighted by Crippen LogP contribution is -2.53. The Kier molecular flexibility index (Phi) is 4.55. The van der Waals surface area contributed by atoms with E-state index in [9.17, 15) is 9.90 Å². The number of rotatable bonds is 3. The predicted molar refractivity (Wildman–Crippen MR) is 82.9 cm³/mol. The van der Waals surface area contributed by atoms with Crippen LogP contribution in [0.15, 0.2) is 0 Å². The number of carbonyl (C=O) groups excluding carboxylic acids is 1. The molecule has 120 valence electrons. The summed E-state index contributed by atoms with van der Waals surface area (Å²) in [6.07, 6.45) is 8.55. The van der Waals surface area contributed by atoms with Gasteiger partial charge in [-0.1, -0.05) is 13.3 Å². The molecule has 1 aliphatic carbocycles. The van der Waals surface area contributed by atoms with E-state index in [1.807, 2.05) is 0 Å². The van der Waals surface area contributed by atoms with E-state index in [1.54, 1.807) is 0 Å². The highest BCUT2D eigenvalue weighted by atomic mass is 16.3. The molecule has 4 nitrogen and oxygen atoms in total. The van der Waals surface area contributed by atoms with Gasteiger partial charge in [-0.3, -0.25) is 9.69 Å². The minimum atomic E-state index is -0.488. The van der Waals surface area contributed by atoms with Crippen LogP contribution in [-0.4, -0.2) is 47.2 Å². The number of β-amino-alcohol motifs (C(OH)–C–C–N with tert-alkyl or cyclic N) is 1.